The molecule has 0 aliphatic carbocycles. The second kappa shape index (κ2) is 6.81. The van der Waals surface area contributed by atoms with Gasteiger partial charge in [0, 0.05) is 18.8 Å². The summed E-state index contributed by atoms with van der Waals surface area (Å²) in [7, 11) is 0. The Morgan fingerprint density at radius 2 is 2.15 bits per heavy atom. The molecule has 0 bridgehead atoms. The molecule has 0 unspecified atom stereocenters. The lowest BCUT2D eigenvalue weighted by atomic mass is 10.2. The van der Waals surface area contributed by atoms with Gasteiger partial charge in [0.15, 0.2) is 0 Å². The molecule has 0 spiro atoms. The standard InChI is InChI=1S/C14H15N3O2S/c15-14(20)11-4-1-2-5-12(11)19-9-3-8-17-10-16-7-6-13(17)18/h1-2,4-7,10H,3,8-9H2,(H2,15,20). The summed E-state index contributed by atoms with van der Waals surface area (Å²) in [6.45, 7) is 1.03. The Hall–Kier alpha value is -2.21. The van der Waals surface area contributed by atoms with Gasteiger partial charge in [-0.3, -0.25) is 9.36 Å². The predicted molar refractivity (Wildman–Crippen MR) is 80.9 cm³/mol. The number of hydrogen-bond acceptors (Lipinski definition) is 4. The second-order valence-corrected chi connectivity index (χ2v) is 4.61. The quantitative estimate of drug-likeness (QED) is 0.642. The molecule has 0 aliphatic rings. The number of hydrogen-bond donors (Lipinski definition) is 1. The fourth-order valence-electron chi connectivity index (χ4n) is 1.76. The predicted octanol–water partition coefficient (Wildman–Crippen LogP) is 1.35. The highest BCUT2D eigenvalue weighted by Gasteiger charge is 2.05. The van der Waals surface area contributed by atoms with Crippen molar-refractivity contribution in [2.24, 2.45) is 5.73 Å². The Morgan fingerprint density at radius 3 is 2.90 bits per heavy atom. The first-order valence-electron chi connectivity index (χ1n) is 6.20. The van der Waals surface area contributed by atoms with E-state index in [9.17, 15) is 4.79 Å². The van der Waals surface area contributed by atoms with Gasteiger partial charge in [-0.15, -0.1) is 0 Å². The van der Waals surface area contributed by atoms with Crippen LogP contribution in [0, 0.1) is 0 Å². The molecule has 20 heavy (non-hydrogen) atoms. The zero-order valence-electron chi connectivity index (χ0n) is 10.9. The average Bonchev–Trinajstić information content (AvgIpc) is 2.45. The molecule has 0 saturated carbocycles. The summed E-state index contributed by atoms with van der Waals surface area (Å²) in [6.07, 6.45) is 3.69. The van der Waals surface area contributed by atoms with Gasteiger partial charge >= 0.3 is 0 Å². The van der Waals surface area contributed by atoms with Crippen LogP contribution in [0.1, 0.15) is 12.0 Å². The van der Waals surface area contributed by atoms with Crippen LogP contribution in [0.15, 0.2) is 47.7 Å². The van der Waals surface area contributed by atoms with E-state index in [1.54, 1.807) is 4.57 Å². The smallest absolute Gasteiger partial charge is 0.253 e. The highest BCUT2D eigenvalue weighted by atomic mass is 32.1. The van der Waals surface area contributed by atoms with Gasteiger partial charge in [-0.2, -0.15) is 0 Å². The molecule has 0 fully saturated rings. The summed E-state index contributed by atoms with van der Waals surface area (Å²) >= 11 is 4.97. The summed E-state index contributed by atoms with van der Waals surface area (Å²) in [5.41, 5.74) is 6.28. The summed E-state index contributed by atoms with van der Waals surface area (Å²) in [6, 6.07) is 8.80. The van der Waals surface area contributed by atoms with Crippen molar-refractivity contribution < 1.29 is 4.74 Å². The van der Waals surface area contributed by atoms with Crippen LogP contribution in [0.5, 0.6) is 5.75 Å². The lowest BCUT2D eigenvalue weighted by Gasteiger charge is -2.10. The van der Waals surface area contributed by atoms with Crippen molar-refractivity contribution in [1.82, 2.24) is 9.55 Å². The number of nitrogens with zero attached hydrogens (tertiary/aromatic N) is 2. The zero-order valence-corrected chi connectivity index (χ0v) is 11.7. The lowest BCUT2D eigenvalue weighted by Crippen LogP contribution is -2.20. The third-order valence-corrected chi connectivity index (χ3v) is 2.97. The van der Waals surface area contributed by atoms with E-state index in [1.165, 1.54) is 18.6 Å². The van der Waals surface area contributed by atoms with Crippen LogP contribution in [0.25, 0.3) is 0 Å². The van der Waals surface area contributed by atoms with Crippen molar-refractivity contribution >= 4 is 17.2 Å². The van der Waals surface area contributed by atoms with Gasteiger partial charge in [-0.25, -0.2) is 4.98 Å². The molecule has 0 saturated heterocycles. The number of aryl methyl sites for hydroxylation is 1. The monoisotopic (exact) mass is 289 g/mol. The highest BCUT2D eigenvalue weighted by Crippen LogP contribution is 2.17. The second-order valence-electron chi connectivity index (χ2n) is 4.17. The van der Waals surface area contributed by atoms with Gasteiger partial charge in [0.05, 0.1) is 18.5 Å². The molecule has 104 valence electrons. The van der Waals surface area contributed by atoms with Crippen molar-refractivity contribution in [3.63, 3.8) is 0 Å². The minimum absolute atomic E-state index is 0.0662. The Balaban J connectivity index is 1.90. The SMILES string of the molecule is NC(=S)c1ccccc1OCCCn1cnccc1=O. The van der Waals surface area contributed by atoms with E-state index in [4.69, 9.17) is 22.7 Å². The number of rotatable bonds is 6. The number of benzene rings is 1. The summed E-state index contributed by atoms with van der Waals surface area (Å²) in [5, 5.41) is 0. The Bertz CT molecular complexity index is 655. The van der Waals surface area contributed by atoms with Crippen LogP contribution in [-0.4, -0.2) is 21.1 Å². The largest absolute Gasteiger partial charge is 0.493 e. The van der Waals surface area contributed by atoms with Gasteiger partial charge < -0.3 is 10.5 Å². The lowest BCUT2D eigenvalue weighted by molar-refractivity contribution is 0.300. The number of aromatic nitrogens is 2. The van der Waals surface area contributed by atoms with E-state index in [0.717, 1.165) is 5.56 Å². The molecule has 1 aromatic heterocycles. The Labute approximate surface area is 122 Å². The molecule has 6 heteroatoms. The first-order chi connectivity index (χ1) is 9.68. The molecule has 0 amide bonds. The van der Waals surface area contributed by atoms with Crippen molar-refractivity contribution in [2.75, 3.05) is 6.61 Å². The minimum Gasteiger partial charge on any atom is -0.493 e. The fourth-order valence-corrected chi connectivity index (χ4v) is 1.93. The van der Waals surface area contributed by atoms with E-state index >= 15 is 0 Å². The molecule has 5 nitrogen and oxygen atoms in total. The molecular weight excluding hydrogens is 274 g/mol. The molecule has 0 atom stereocenters. The van der Waals surface area contributed by atoms with Crippen LogP contribution >= 0.6 is 12.2 Å². The molecule has 0 radical (unpaired) electrons. The van der Waals surface area contributed by atoms with E-state index in [2.05, 4.69) is 4.98 Å². The van der Waals surface area contributed by atoms with Gasteiger partial charge in [0.2, 0.25) is 0 Å². The molecule has 0 aliphatic heterocycles. The Kier molecular flexibility index (Phi) is 4.84. The van der Waals surface area contributed by atoms with Crippen molar-refractivity contribution in [3.05, 3.63) is 58.8 Å². The average molecular weight is 289 g/mol. The molecular formula is C14H15N3O2S. The molecule has 1 aromatic carbocycles. The van der Waals surface area contributed by atoms with Crippen LogP contribution in [0.3, 0.4) is 0 Å². The number of nitrogens with two attached hydrogens (primary N) is 1. The van der Waals surface area contributed by atoms with Gasteiger partial charge in [0.25, 0.3) is 5.56 Å². The summed E-state index contributed by atoms with van der Waals surface area (Å²) < 4.78 is 7.20. The van der Waals surface area contributed by atoms with E-state index < -0.39 is 0 Å². The minimum atomic E-state index is -0.0662. The third kappa shape index (κ3) is 3.64. The number of thiocarbonyl (C=S) groups is 1. The third-order valence-electron chi connectivity index (χ3n) is 2.75. The molecule has 2 N–H and O–H groups in total. The first kappa shape index (κ1) is 14.2. The fraction of sp³-hybridized carbons (Fsp3) is 0.214. The van der Waals surface area contributed by atoms with E-state index in [1.807, 2.05) is 24.3 Å². The Morgan fingerprint density at radius 1 is 1.35 bits per heavy atom. The van der Waals surface area contributed by atoms with E-state index in [0.29, 0.717) is 30.3 Å². The molecule has 2 rings (SSSR count). The summed E-state index contributed by atoms with van der Waals surface area (Å²) in [5.74, 6) is 0.665. The van der Waals surface area contributed by atoms with Crippen molar-refractivity contribution in [2.45, 2.75) is 13.0 Å². The van der Waals surface area contributed by atoms with Gasteiger partial charge in [0.1, 0.15) is 10.7 Å². The molecule has 1 heterocycles. The van der Waals surface area contributed by atoms with Gasteiger partial charge in [-0.1, -0.05) is 24.4 Å². The van der Waals surface area contributed by atoms with Crippen LogP contribution in [0.2, 0.25) is 0 Å². The van der Waals surface area contributed by atoms with Crippen LogP contribution in [-0.2, 0) is 6.54 Å². The van der Waals surface area contributed by atoms with E-state index in [-0.39, 0.29) is 5.56 Å². The zero-order chi connectivity index (χ0) is 14.4. The normalized spacial score (nSPS) is 10.2. The maximum absolute atomic E-state index is 11.5. The molecule has 2 aromatic rings. The first-order valence-corrected chi connectivity index (χ1v) is 6.61. The van der Waals surface area contributed by atoms with Crippen molar-refractivity contribution in [3.8, 4) is 5.75 Å². The number of ether oxygens (including phenoxy) is 1. The maximum atomic E-state index is 11.5. The van der Waals surface area contributed by atoms with Crippen molar-refractivity contribution in [1.29, 1.82) is 0 Å². The van der Waals surface area contributed by atoms with Gasteiger partial charge in [-0.05, 0) is 18.6 Å². The number of para-hydroxylation sites is 1. The highest BCUT2D eigenvalue weighted by molar-refractivity contribution is 7.80. The maximum Gasteiger partial charge on any atom is 0.253 e. The topological polar surface area (TPSA) is 70.1 Å². The summed E-state index contributed by atoms with van der Waals surface area (Å²) in [4.78, 5) is 15.7. The van der Waals surface area contributed by atoms with Crippen LogP contribution < -0.4 is 16.0 Å². The van der Waals surface area contributed by atoms with Crippen LogP contribution in [0.4, 0.5) is 0 Å².